The first-order valence-corrected chi connectivity index (χ1v) is 7.10. The highest BCUT2D eigenvalue weighted by molar-refractivity contribution is 5.45. The van der Waals surface area contributed by atoms with Crippen molar-refractivity contribution in [3.05, 3.63) is 23.8 Å². The molecule has 0 radical (unpaired) electrons. The van der Waals surface area contributed by atoms with Crippen molar-refractivity contribution in [1.82, 2.24) is 5.32 Å². The molecule has 0 atom stereocenters. The van der Waals surface area contributed by atoms with Crippen LogP contribution in [-0.2, 0) is 5.41 Å². The standard InChI is InChI=1S/C16H27NO2/c1-6-16(7-2,12-17-8-3)13-9-10-14(18-4)15(11-13)19-5/h9-11,17H,6-8,12H2,1-5H3. The minimum absolute atomic E-state index is 0.162. The van der Waals surface area contributed by atoms with E-state index in [1.54, 1.807) is 14.2 Å². The van der Waals surface area contributed by atoms with Gasteiger partial charge in [-0.3, -0.25) is 0 Å². The molecule has 1 aromatic carbocycles. The summed E-state index contributed by atoms with van der Waals surface area (Å²) in [7, 11) is 3.36. The van der Waals surface area contributed by atoms with Crippen LogP contribution < -0.4 is 14.8 Å². The van der Waals surface area contributed by atoms with Crippen molar-refractivity contribution in [2.75, 3.05) is 27.3 Å². The van der Waals surface area contributed by atoms with Crippen molar-refractivity contribution in [3.8, 4) is 11.5 Å². The van der Waals surface area contributed by atoms with Gasteiger partial charge in [-0.25, -0.2) is 0 Å². The zero-order chi connectivity index (χ0) is 14.3. The lowest BCUT2D eigenvalue weighted by Crippen LogP contribution is -2.37. The fraction of sp³-hybridized carbons (Fsp3) is 0.625. The summed E-state index contributed by atoms with van der Waals surface area (Å²) in [6.45, 7) is 8.63. The maximum atomic E-state index is 5.42. The average molecular weight is 265 g/mol. The lowest BCUT2D eigenvalue weighted by atomic mass is 9.75. The van der Waals surface area contributed by atoms with Crippen molar-refractivity contribution in [2.45, 2.75) is 39.0 Å². The third-order valence-electron chi connectivity index (χ3n) is 4.06. The van der Waals surface area contributed by atoms with E-state index < -0.39 is 0 Å². The zero-order valence-electron chi connectivity index (χ0n) is 12.9. The largest absolute Gasteiger partial charge is 0.493 e. The molecule has 19 heavy (non-hydrogen) atoms. The van der Waals surface area contributed by atoms with Crippen LogP contribution in [-0.4, -0.2) is 27.3 Å². The molecule has 0 bridgehead atoms. The van der Waals surface area contributed by atoms with Crippen molar-refractivity contribution in [2.24, 2.45) is 0 Å². The number of benzene rings is 1. The van der Waals surface area contributed by atoms with Crippen LogP contribution in [0.3, 0.4) is 0 Å². The van der Waals surface area contributed by atoms with Crippen LogP contribution in [0.1, 0.15) is 39.2 Å². The summed E-state index contributed by atoms with van der Waals surface area (Å²) >= 11 is 0. The van der Waals surface area contributed by atoms with Crippen LogP contribution in [0.25, 0.3) is 0 Å². The Morgan fingerprint density at radius 3 is 2.11 bits per heavy atom. The molecule has 0 heterocycles. The molecule has 0 aliphatic heterocycles. The van der Waals surface area contributed by atoms with E-state index in [4.69, 9.17) is 9.47 Å². The van der Waals surface area contributed by atoms with Crippen LogP contribution in [0.15, 0.2) is 18.2 Å². The summed E-state index contributed by atoms with van der Waals surface area (Å²) in [5, 5.41) is 3.48. The highest BCUT2D eigenvalue weighted by Crippen LogP contribution is 2.36. The van der Waals surface area contributed by atoms with Crippen LogP contribution >= 0.6 is 0 Å². The maximum absolute atomic E-state index is 5.42. The van der Waals surface area contributed by atoms with E-state index in [0.29, 0.717) is 0 Å². The normalized spacial score (nSPS) is 11.4. The number of ether oxygens (including phenoxy) is 2. The van der Waals surface area contributed by atoms with Crippen molar-refractivity contribution in [3.63, 3.8) is 0 Å². The number of methoxy groups -OCH3 is 2. The monoisotopic (exact) mass is 265 g/mol. The summed E-state index contributed by atoms with van der Waals surface area (Å²) in [6.07, 6.45) is 2.21. The van der Waals surface area contributed by atoms with Gasteiger partial charge in [-0.2, -0.15) is 0 Å². The van der Waals surface area contributed by atoms with Crippen LogP contribution in [0.5, 0.6) is 11.5 Å². The summed E-state index contributed by atoms with van der Waals surface area (Å²) in [5.74, 6) is 1.60. The van der Waals surface area contributed by atoms with E-state index in [9.17, 15) is 0 Å². The Labute approximate surface area is 117 Å². The third-order valence-corrected chi connectivity index (χ3v) is 4.06. The van der Waals surface area contributed by atoms with Crippen LogP contribution in [0, 0.1) is 0 Å². The molecular weight excluding hydrogens is 238 g/mol. The molecule has 0 spiro atoms. The Bertz CT molecular complexity index is 386. The van der Waals surface area contributed by atoms with E-state index >= 15 is 0 Å². The predicted molar refractivity (Wildman–Crippen MR) is 80.3 cm³/mol. The van der Waals surface area contributed by atoms with Gasteiger partial charge in [0.05, 0.1) is 14.2 Å². The highest BCUT2D eigenvalue weighted by atomic mass is 16.5. The number of nitrogens with one attached hydrogen (secondary N) is 1. The Balaban J connectivity index is 3.15. The second-order valence-corrected chi connectivity index (χ2v) is 4.84. The van der Waals surface area contributed by atoms with Gasteiger partial charge in [0.25, 0.3) is 0 Å². The molecule has 1 aromatic rings. The lowest BCUT2D eigenvalue weighted by molar-refractivity contribution is 0.345. The topological polar surface area (TPSA) is 30.5 Å². The van der Waals surface area contributed by atoms with Crippen molar-refractivity contribution in [1.29, 1.82) is 0 Å². The molecule has 0 saturated heterocycles. The van der Waals surface area contributed by atoms with Gasteiger partial charge in [0.2, 0.25) is 0 Å². The Hall–Kier alpha value is -1.22. The van der Waals surface area contributed by atoms with Gasteiger partial charge in [-0.1, -0.05) is 26.8 Å². The van der Waals surface area contributed by atoms with Crippen LogP contribution in [0.2, 0.25) is 0 Å². The number of likely N-dealkylation sites (N-methyl/N-ethyl adjacent to an activating group) is 1. The fourth-order valence-corrected chi connectivity index (χ4v) is 2.54. The second-order valence-electron chi connectivity index (χ2n) is 4.84. The van der Waals surface area contributed by atoms with E-state index in [1.165, 1.54) is 5.56 Å². The van der Waals surface area contributed by atoms with Gasteiger partial charge in [0.15, 0.2) is 11.5 Å². The lowest BCUT2D eigenvalue weighted by Gasteiger charge is -2.33. The van der Waals surface area contributed by atoms with Gasteiger partial charge >= 0.3 is 0 Å². The molecule has 3 heteroatoms. The zero-order valence-corrected chi connectivity index (χ0v) is 12.9. The summed E-state index contributed by atoms with van der Waals surface area (Å²) in [6, 6.07) is 6.27. The summed E-state index contributed by atoms with van der Waals surface area (Å²) < 4.78 is 10.7. The minimum Gasteiger partial charge on any atom is -0.493 e. The van der Waals surface area contributed by atoms with Crippen LogP contribution in [0.4, 0.5) is 0 Å². The number of hydrogen-bond donors (Lipinski definition) is 1. The average Bonchev–Trinajstić information content (AvgIpc) is 2.48. The third kappa shape index (κ3) is 3.41. The fourth-order valence-electron chi connectivity index (χ4n) is 2.54. The predicted octanol–water partition coefficient (Wildman–Crippen LogP) is 3.37. The molecule has 3 nitrogen and oxygen atoms in total. The number of rotatable bonds is 8. The van der Waals surface area contributed by atoms with Crippen molar-refractivity contribution < 1.29 is 9.47 Å². The van der Waals surface area contributed by atoms with Gasteiger partial charge in [0.1, 0.15) is 0 Å². The SMILES string of the molecule is CCNCC(CC)(CC)c1ccc(OC)c(OC)c1. The molecule has 0 saturated carbocycles. The van der Waals surface area contributed by atoms with Gasteiger partial charge in [-0.15, -0.1) is 0 Å². The molecule has 0 aromatic heterocycles. The number of hydrogen-bond acceptors (Lipinski definition) is 3. The molecule has 0 aliphatic carbocycles. The van der Waals surface area contributed by atoms with Crippen molar-refractivity contribution >= 4 is 0 Å². The first kappa shape index (κ1) is 15.8. The molecule has 0 unspecified atom stereocenters. The molecule has 0 amide bonds. The minimum atomic E-state index is 0.162. The molecule has 108 valence electrons. The molecular formula is C16H27NO2. The van der Waals surface area contributed by atoms with E-state index in [0.717, 1.165) is 37.4 Å². The Kier molecular flexibility index (Phi) is 6.16. The smallest absolute Gasteiger partial charge is 0.161 e. The first-order valence-electron chi connectivity index (χ1n) is 7.10. The van der Waals surface area contributed by atoms with E-state index in [-0.39, 0.29) is 5.41 Å². The molecule has 0 aliphatic rings. The van der Waals surface area contributed by atoms with E-state index in [2.05, 4.69) is 38.2 Å². The summed E-state index contributed by atoms with van der Waals surface area (Å²) in [4.78, 5) is 0. The van der Waals surface area contributed by atoms with Gasteiger partial charge in [-0.05, 0) is 37.1 Å². The molecule has 1 rings (SSSR count). The van der Waals surface area contributed by atoms with Gasteiger partial charge in [0, 0.05) is 12.0 Å². The maximum Gasteiger partial charge on any atom is 0.161 e. The Morgan fingerprint density at radius 1 is 1.00 bits per heavy atom. The summed E-state index contributed by atoms with van der Waals surface area (Å²) in [5.41, 5.74) is 1.48. The van der Waals surface area contributed by atoms with E-state index in [1.807, 2.05) is 6.07 Å². The quantitative estimate of drug-likeness (QED) is 0.781. The first-order chi connectivity index (χ1) is 9.17. The second kappa shape index (κ2) is 7.39. The molecule has 0 fully saturated rings. The molecule has 1 N–H and O–H groups in total. The Morgan fingerprint density at radius 2 is 1.63 bits per heavy atom. The van der Waals surface area contributed by atoms with Gasteiger partial charge < -0.3 is 14.8 Å². The highest BCUT2D eigenvalue weighted by Gasteiger charge is 2.28.